The third-order valence-corrected chi connectivity index (χ3v) is 4.25. The predicted octanol–water partition coefficient (Wildman–Crippen LogP) is 4.32. The molecule has 0 fully saturated rings. The zero-order valence-electron chi connectivity index (χ0n) is 15.0. The molecule has 136 valence electrons. The molecule has 4 rings (SSSR count). The lowest BCUT2D eigenvalue weighted by molar-refractivity contribution is 0.224. The second-order valence-corrected chi connectivity index (χ2v) is 6.12. The Hall–Kier alpha value is -3.38. The van der Waals surface area contributed by atoms with Gasteiger partial charge in [0.2, 0.25) is 5.71 Å². The first-order valence-corrected chi connectivity index (χ1v) is 8.59. The van der Waals surface area contributed by atoms with Gasteiger partial charge in [-0.2, -0.15) is 0 Å². The maximum Gasteiger partial charge on any atom is 0.232 e. The highest BCUT2D eigenvalue weighted by molar-refractivity contribution is 6.05. The highest BCUT2D eigenvalue weighted by Gasteiger charge is 2.22. The van der Waals surface area contributed by atoms with Gasteiger partial charge < -0.3 is 19.6 Å². The van der Waals surface area contributed by atoms with Gasteiger partial charge in [0.15, 0.2) is 0 Å². The summed E-state index contributed by atoms with van der Waals surface area (Å²) < 4.78 is 11.4. The van der Waals surface area contributed by atoms with Gasteiger partial charge >= 0.3 is 0 Å². The zero-order valence-corrected chi connectivity index (χ0v) is 15.0. The SMILES string of the molecule is COc1ccc(-c2c(-c3ccccc3)oc3ncnc(NC(C)O)c23)cc1. The average Bonchev–Trinajstić information content (AvgIpc) is 3.09. The standard InChI is InChI=1S/C21H19N3O3/c1-13(25)24-20-18-17(14-8-10-16(26-2)11-9-14)19(15-6-4-3-5-7-15)27-21(18)23-12-22-20/h3-13,25H,1-2H3,(H,22,23,24). The number of methoxy groups -OCH3 is 1. The van der Waals surface area contributed by atoms with Crippen LogP contribution in [0.3, 0.4) is 0 Å². The topological polar surface area (TPSA) is 80.4 Å². The van der Waals surface area contributed by atoms with Crippen molar-refractivity contribution >= 4 is 16.9 Å². The first kappa shape index (κ1) is 17.1. The van der Waals surface area contributed by atoms with Crippen molar-refractivity contribution in [1.82, 2.24) is 9.97 Å². The van der Waals surface area contributed by atoms with Crippen molar-refractivity contribution in [3.8, 4) is 28.2 Å². The van der Waals surface area contributed by atoms with Gasteiger partial charge in [0.25, 0.3) is 0 Å². The number of nitrogens with zero attached hydrogens (tertiary/aromatic N) is 2. The number of rotatable bonds is 5. The van der Waals surface area contributed by atoms with Crippen molar-refractivity contribution in [2.75, 3.05) is 12.4 Å². The van der Waals surface area contributed by atoms with Gasteiger partial charge in [-0.3, -0.25) is 0 Å². The number of fused-ring (bicyclic) bond motifs is 1. The molecule has 0 spiro atoms. The fraction of sp³-hybridized carbons (Fsp3) is 0.143. The molecule has 0 aliphatic heterocycles. The van der Waals surface area contributed by atoms with Crippen LogP contribution in [0.5, 0.6) is 5.75 Å². The van der Waals surface area contributed by atoms with E-state index in [1.807, 2.05) is 54.6 Å². The third kappa shape index (κ3) is 3.22. The van der Waals surface area contributed by atoms with Crippen LogP contribution in [0.4, 0.5) is 5.82 Å². The van der Waals surface area contributed by atoms with Crippen molar-refractivity contribution in [2.24, 2.45) is 0 Å². The van der Waals surface area contributed by atoms with E-state index in [9.17, 15) is 5.11 Å². The number of ether oxygens (including phenoxy) is 1. The number of furan rings is 1. The molecule has 6 nitrogen and oxygen atoms in total. The van der Waals surface area contributed by atoms with Crippen LogP contribution in [0.1, 0.15) is 6.92 Å². The Morgan fingerprint density at radius 1 is 1.00 bits per heavy atom. The summed E-state index contributed by atoms with van der Waals surface area (Å²) in [4.78, 5) is 8.60. The quantitative estimate of drug-likeness (QED) is 0.516. The van der Waals surface area contributed by atoms with E-state index < -0.39 is 6.23 Å². The van der Waals surface area contributed by atoms with E-state index in [1.165, 1.54) is 6.33 Å². The molecule has 2 heterocycles. The normalized spacial score (nSPS) is 12.1. The fourth-order valence-corrected chi connectivity index (χ4v) is 3.07. The average molecular weight is 361 g/mol. The molecule has 0 aliphatic rings. The highest BCUT2D eigenvalue weighted by Crippen LogP contribution is 2.42. The lowest BCUT2D eigenvalue weighted by Crippen LogP contribution is -2.14. The van der Waals surface area contributed by atoms with Crippen molar-refractivity contribution in [2.45, 2.75) is 13.2 Å². The summed E-state index contributed by atoms with van der Waals surface area (Å²) in [6.07, 6.45) is 0.658. The molecule has 2 aromatic carbocycles. The van der Waals surface area contributed by atoms with E-state index in [0.717, 1.165) is 27.8 Å². The van der Waals surface area contributed by atoms with Gasteiger partial charge in [-0.15, -0.1) is 0 Å². The lowest BCUT2D eigenvalue weighted by atomic mass is 9.99. The largest absolute Gasteiger partial charge is 0.497 e. The Morgan fingerprint density at radius 2 is 1.74 bits per heavy atom. The minimum Gasteiger partial charge on any atom is -0.497 e. The van der Waals surface area contributed by atoms with Crippen molar-refractivity contribution in [3.63, 3.8) is 0 Å². The minimum atomic E-state index is -0.762. The smallest absolute Gasteiger partial charge is 0.232 e. The van der Waals surface area contributed by atoms with Crippen LogP contribution in [0.15, 0.2) is 65.3 Å². The Kier molecular flexibility index (Phi) is 4.48. The first-order valence-electron chi connectivity index (χ1n) is 8.59. The highest BCUT2D eigenvalue weighted by atomic mass is 16.5. The molecule has 1 unspecified atom stereocenters. The second kappa shape index (κ2) is 7.09. The summed E-state index contributed by atoms with van der Waals surface area (Å²) >= 11 is 0. The van der Waals surface area contributed by atoms with Crippen molar-refractivity contribution in [3.05, 3.63) is 60.9 Å². The number of benzene rings is 2. The molecule has 1 atom stereocenters. The second-order valence-electron chi connectivity index (χ2n) is 6.12. The van der Waals surface area contributed by atoms with Crippen LogP contribution < -0.4 is 10.1 Å². The van der Waals surface area contributed by atoms with Crippen LogP contribution in [0.2, 0.25) is 0 Å². The van der Waals surface area contributed by atoms with E-state index in [4.69, 9.17) is 9.15 Å². The van der Waals surface area contributed by atoms with Crippen molar-refractivity contribution < 1.29 is 14.3 Å². The van der Waals surface area contributed by atoms with Crippen molar-refractivity contribution in [1.29, 1.82) is 0 Å². The molecule has 0 aliphatic carbocycles. The van der Waals surface area contributed by atoms with Gasteiger partial charge in [0.05, 0.1) is 12.5 Å². The van der Waals surface area contributed by atoms with Crippen LogP contribution in [-0.2, 0) is 0 Å². The predicted molar refractivity (Wildman–Crippen MR) is 105 cm³/mol. The molecule has 2 aromatic heterocycles. The number of aliphatic hydroxyl groups excluding tert-OH is 1. The van der Waals surface area contributed by atoms with Crippen LogP contribution >= 0.6 is 0 Å². The van der Waals surface area contributed by atoms with Gasteiger partial charge in [-0.25, -0.2) is 9.97 Å². The number of aromatic nitrogens is 2. The molecule has 4 aromatic rings. The summed E-state index contributed by atoms with van der Waals surface area (Å²) in [7, 11) is 1.64. The number of anilines is 1. The number of hydrogen-bond donors (Lipinski definition) is 2. The maximum absolute atomic E-state index is 9.80. The Balaban J connectivity index is 2.01. The molecule has 2 N–H and O–H groups in total. The fourth-order valence-electron chi connectivity index (χ4n) is 3.07. The van der Waals surface area contributed by atoms with Gasteiger partial charge in [-0.1, -0.05) is 42.5 Å². The molecule has 6 heteroatoms. The Bertz CT molecular complexity index is 1060. The van der Waals surface area contributed by atoms with Gasteiger partial charge in [0.1, 0.15) is 29.9 Å². The summed E-state index contributed by atoms with van der Waals surface area (Å²) in [5, 5.41) is 13.5. The molecular formula is C21H19N3O3. The first-order chi connectivity index (χ1) is 13.2. The van der Waals surface area contributed by atoms with E-state index in [1.54, 1.807) is 14.0 Å². The van der Waals surface area contributed by atoms with E-state index in [-0.39, 0.29) is 0 Å². The molecule has 0 amide bonds. The molecule has 0 radical (unpaired) electrons. The van der Waals surface area contributed by atoms with Crippen LogP contribution in [0.25, 0.3) is 33.6 Å². The van der Waals surface area contributed by atoms with Crippen LogP contribution in [-0.4, -0.2) is 28.4 Å². The van der Waals surface area contributed by atoms with E-state index in [2.05, 4.69) is 15.3 Å². The van der Waals surface area contributed by atoms with E-state index >= 15 is 0 Å². The summed E-state index contributed by atoms with van der Waals surface area (Å²) in [5.41, 5.74) is 3.20. The molecule has 0 bridgehead atoms. The number of nitrogens with one attached hydrogen (secondary N) is 1. The summed E-state index contributed by atoms with van der Waals surface area (Å²) in [6.45, 7) is 1.64. The Morgan fingerprint density at radius 3 is 2.41 bits per heavy atom. The summed E-state index contributed by atoms with van der Waals surface area (Å²) in [5.74, 6) is 1.99. The maximum atomic E-state index is 9.80. The minimum absolute atomic E-state index is 0.456. The van der Waals surface area contributed by atoms with Gasteiger partial charge in [0, 0.05) is 11.1 Å². The Labute approximate surface area is 156 Å². The molecule has 0 saturated carbocycles. The van der Waals surface area contributed by atoms with Gasteiger partial charge in [-0.05, 0) is 24.6 Å². The third-order valence-electron chi connectivity index (χ3n) is 4.25. The lowest BCUT2D eigenvalue weighted by Gasteiger charge is -2.10. The monoisotopic (exact) mass is 361 g/mol. The number of aliphatic hydroxyl groups is 1. The zero-order chi connectivity index (χ0) is 18.8. The summed E-state index contributed by atoms with van der Waals surface area (Å²) in [6, 6.07) is 17.6. The molecule has 0 saturated heterocycles. The van der Waals surface area contributed by atoms with E-state index in [0.29, 0.717) is 17.3 Å². The number of hydrogen-bond acceptors (Lipinski definition) is 6. The molecule has 27 heavy (non-hydrogen) atoms. The molecular weight excluding hydrogens is 342 g/mol. The van der Waals surface area contributed by atoms with Crippen LogP contribution in [0, 0.1) is 0 Å².